The Labute approximate surface area is 137 Å². The van der Waals surface area contributed by atoms with Crippen molar-refractivity contribution >= 4 is 17.5 Å². The fourth-order valence-corrected chi connectivity index (χ4v) is 3.40. The van der Waals surface area contributed by atoms with Gasteiger partial charge in [0.15, 0.2) is 0 Å². The maximum atomic E-state index is 12.6. The van der Waals surface area contributed by atoms with Crippen molar-refractivity contribution in [3.8, 4) is 0 Å². The van der Waals surface area contributed by atoms with Gasteiger partial charge in [0.25, 0.3) is 5.91 Å². The third-order valence-electron chi connectivity index (χ3n) is 4.88. The van der Waals surface area contributed by atoms with Crippen LogP contribution in [0.15, 0.2) is 18.2 Å². The largest absolute Gasteiger partial charge is 0.339 e. The SMILES string of the molecule is Cc1c(NC(=O)C2CCCNC2)cccc1C(=O)N1CCCC1. The molecule has 0 aliphatic carbocycles. The molecule has 2 saturated heterocycles. The highest BCUT2D eigenvalue weighted by molar-refractivity contribution is 6.00. The molecule has 5 nitrogen and oxygen atoms in total. The summed E-state index contributed by atoms with van der Waals surface area (Å²) in [6.07, 6.45) is 4.11. The summed E-state index contributed by atoms with van der Waals surface area (Å²) in [5.41, 5.74) is 2.32. The molecule has 1 aromatic rings. The quantitative estimate of drug-likeness (QED) is 0.898. The van der Waals surface area contributed by atoms with Crippen LogP contribution in [-0.4, -0.2) is 42.9 Å². The van der Waals surface area contributed by atoms with Crippen molar-refractivity contribution in [1.29, 1.82) is 0 Å². The van der Waals surface area contributed by atoms with Crippen LogP contribution in [0.25, 0.3) is 0 Å². The Morgan fingerprint density at radius 2 is 2.00 bits per heavy atom. The Morgan fingerprint density at radius 1 is 1.22 bits per heavy atom. The van der Waals surface area contributed by atoms with Crippen molar-refractivity contribution in [2.45, 2.75) is 32.6 Å². The van der Waals surface area contributed by atoms with E-state index < -0.39 is 0 Å². The van der Waals surface area contributed by atoms with Gasteiger partial charge in [-0.25, -0.2) is 0 Å². The van der Waals surface area contributed by atoms with Gasteiger partial charge in [0.1, 0.15) is 0 Å². The molecule has 1 unspecified atom stereocenters. The van der Waals surface area contributed by atoms with E-state index in [9.17, 15) is 9.59 Å². The van der Waals surface area contributed by atoms with E-state index in [2.05, 4.69) is 10.6 Å². The maximum absolute atomic E-state index is 12.6. The normalized spacial score (nSPS) is 21.3. The van der Waals surface area contributed by atoms with E-state index in [1.807, 2.05) is 30.0 Å². The molecule has 0 radical (unpaired) electrons. The molecule has 1 atom stereocenters. The molecule has 2 aliphatic heterocycles. The zero-order valence-corrected chi connectivity index (χ0v) is 13.7. The van der Waals surface area contributed by atoms with Crippen LogP contribution in [0.3, 0.4) is 0 Å². The van der Waals surface area contributed by atoms with Gasteiger partial charge in [0, 0.05) is 30.9 Å². The molecule has 3 rings (SSSR count). The summed E-state index contributed by atoms with van der Waals surface area (Å²) in [7, 11) is 0. The summed E-state index contributed by atoms with van der Waals surface area (Å²) in [6.45, 7) is 5.31. The van der Waals surface area contributed by atoms with Gasteiger partial charge in [-0.3, -0.25) is 9.59 Å². The van der Waals surface area contributed by atoms with E-state index in [1.165, 1.54) is 0 Å². The van der Waals surface area contributed by atoms with Gasteiger partial charge in [-0.05, 0) is 56.8 Å². The van der Waals surface area contributed by atoms with Crippen molar-refractivity contribution in [3.63, 3.8) is 0 Å². The Hall–Kier alpha value is -1.88. The average molecular weight is 315 g/mol. The highest BCUT2D eigenvalue weighted by Gasteiger charge is 2.24. The van der Waals surface area contributed by atoms with Crippen molar-refractivity contribution in [1.82, 2.24) is 10.2 Å². The molecule has 2 fully saturated rings. The summed E-state index contributed by atoms with van der Waals surface area (Å²) in [5, 5.41) is 6.28. The monoisotopic (exact) mass is 315 g/mol. The number of nitrogens with one attached hydrogen (secondary N) is 2. The van der Waals surface area contributed by atoms with Gasteiger partial charge < -0.3 is 15.5 Å². The molecule has 0 saturated carbocycles. The van der Waals surface area contributed by atoms with Crippen LogP contribution < -0.4 is 10.6 Å². The molecule has 2 N–H and O–H groups in total. The van der Waals surface area contributed by atoms with Crippen molar-refractivity contribution in [2.75, 3.05) is 31.5 Å². The Morgan fingerprint density at radius 3 is 2.70 bits per heavy atom. The lowest BCUT2D eigenvalue weighted by Gasteiger charge is -2.23. The number of hydrogen-bond donors (Lipinski definition) is 2. The Kier molecular flexibility index (Phi) is 4.96. The van der Waals surface area contributed by atoms with Crippen molar-refractivity contribution in [3.05, 3.63) is 29.3 Å². The zero-order valence-electron chi connectivity index (χ0n) is 13.7. The van der Waals surface area contributed by atoms with Crippen LogP contribution in [0, 0.1) is 12.8 Å². The number of amides is 2. The minimum Gasteiger partial charge on any atom is -0.339 e. The van der Waals surface area contributed by atoms with Crippen LogP contribution in [0.1, 0.15) is 41.6 Å². The summed E-state index contributed by atoms with van der Waals surface area (Å²) in [4.78, 5) is 26.9. The predicted molar refractivity (Wildman–Crippen MR) is 90.5 cm³/mol. The highest BCUT2D eigenvalue weighted by atomic mass is 16.2. The van der Waals surface area contributed by atoms with E-state index in [0.717, 1.165) is 63.1 Å². The smallest absolute Gasteiger partial charge is 0.254 e. The van der Waals surface area contributed by atoms with Gasteiger partial charge in [-0.2, -0.15) is 0 Å². The second-order valence-corrected chi connectivity index (χ2v) is 6.51. The predicted octanol–water partition coefficient (Wildman–Crippen LogP) is 2.17. The number of likely N-dealkylation sites (tertiary alicyclic amines) is 1. The Bertz CT molecular complexity index is 588. The van der Waals surface area contributed by atoms with Gasteiger partial charge in [-0.1, -0.05) is 6.07 Å². The number of carbonyl (C=O) groups is 2. The number of benzene rings is 1. The molecule has 0 bridgehead atoms. The molecule has 2 heterocycles. The fraction of sp³-hybridized carbons (Fsp3) is 0.556. The zero-order chi connectivity index (χ0) is 16.2. The number of carbonyl (C=O) groups excluding carboxylic acids is 2. The lowest BCUT2D eigenvalue weighted by Crippen LogP contribution is -2.37. The lowest BCUT2D eigenvalue weighted by atomic mass is 9.98. The topological polar surface area (TPSA) is 61.4 Å². The van der Waals surface area contributed by atoms with Crippen LogP contribution in [0.5, 0.6) is 0 Å². The third kappa shape index (κ3) is 3.55. The Balaban J connectivity index is 1.73. The maximum Gasteiger partial charge on any atom is 0.254 e. The summed E-state index contributed by atoms with van der Waals surface area (Å²) in [5.74, 6) is 0.141. The molecule has 2 amide bonds. The highest BCUT2D eigenvalue weighted by Crippen LogP contribution is 2.23. The van der Waals surface area contributed by atoms with Crippen LogP contribution in [-0.2, 0) is 4.79 Å². The standard InChI is InChI=1S/C18H25N3O2/c1-13-15(18(23)21-10-2-3-11-21)7-4-8-16(13)20-17(22)14-6-5-9-19-12-14/h4,7-8,14,19H,2-3,5-6,9-12H2,1H3,(H,20,22). The van der Waals surface area contributed by atoms with Crippen LogP contribution in [0.2, 0.25) is 0 Å². The molecule has 23 heavy (non-hydrogen) atoms. The number of anilines is 1. The molecule has 124 valence electrons. The summed E-state index contributed by atoms with van der Waals surface area (Å²) < 4.78 is 0. The van der Waals surface area contributed by atoms with Gasteiger partial charge in [-0.15, -0.1) is 0 Å². The van der Waals surface area contributed by atoms with Gasteiger partial charge in [0.05, 0.1) is 5.92 Å². The van der Waals surface area contributed by atoms with E-state index in [1.54, 1.807) is 0 Å². The minimum absolute atomic E-state index is 0.0149. The van der Waals surface area contributed by atoms with Gasteiger partial charge in [0.2, 0.25) is 5.91 Å². The van der Waals surface area contributed by atoms with E-state index in [-0.39, 0.29) is 17.7 Å². The number of hydrogen-bond acceptors (Lipinski definition) is 3. The molecule has 1 aromatic carbocycles. The molecular formula is C18H25N3O2. The second kappa shape index (κ2) is 7.13. The first kappa shape index (κ1) is 16.0. The molecule has 2 aliphatic rings. The second-order valence-electron chi connectivity index (χ2n) is 6.51. The average Bonchev–Trinajstić information content (AvgIpc) is 3.11. The first-order valence-electron chi connectivity index (χ1n) is 8.57. The molecule has 0 spiro atoms. The lowest BCUT2D eigenvalue weighted by molar-refractivity contribution is -0.120. The molecule has 0 aromatic heterocycles. The van der Waals surface area contributed by atoms with Gasteiger partial charge >= 0.3 is 0 Å². The van der Waals surface area contributed by atoms with Crippen LogP contribution in [0.4, 0.5) is 5.69 Å². The summed E-state index contributed by atoms with van der Waals surface area (Å²) in [6, 6.07) is 5.59. The number of rotatable bonds is 3. The van der Waals surface area contributed by atoms with E-state index in [4.69, 9.17) is 0 Å². The minimum atomic E-state index is 0.0149. The first-order chi connectivity index (χ1) is 11.2. The van der Waals surface area contributed by atoms with Crippen molar-refractivity contribution in [2.24, 2.45) is 5.92 Å². The molecule has 5 heteroatoms. The first-order valence-corrected chi connectivity index (χ1v) is 8.57. The fourth-order valence-electron chi connectivity index (χ4n) is 3.40. The summed E-state index contributed by atoms with van der Waals surface area (Å²) >= 11 is 0. The number of nitrogens with zero attached hydrogens (tertiary/aromatic N) is 1. The number of piperidine rings is 1. The molecular weight excluding hydrogens is 290 g/mol. The van der Waals surface area contributed by atoms with Crippen LogP contribution >= 0.6 is 0 Å². The van der Waals surface area contributed by atoms with E-state index >= 15 is 0 Å². The van der Waals surface area contributed by atoms with Crippen molar-refractivity contribution < 1.29 is 9.59 Å². The van der Waals surface area contributed by atoms with E-state index in [0.29, 0.717) is 5.56 Å². The third-order valence-corrected chi connectivity index (χ3v) is 4.88.